The summed E-state index contributed by atoms with van der Waals surface area (Å²) in [6, 6.07) is 12.1. The first-order valence-corrected chi connectivity index (χ1v) is 10.4. The molecule has 2 nitrogen and oxygen atoms in total. The average Bonchev–Trinajstić information content (AvgIpc) is 3.05. The lowest BCUT2D eigenvalue weighted by molar-refractivity contribution is -0.119. The van der Waals surface area contributed by atoms with Crippen molar-refractivity contribution in [2.75, 3.05) is 5.75 Å². The molecule has 2 aromatic carbocycles. The molecule has 3 rings (SSSR count). The number of fused-ring (bicyclic) bond motifs is 1. The number of hydrogen-bond donors (Lipinski definition) is 1. The Bertz CT molecular complexity index is 758. The van der Waals surface area contributed by atoms with Crippen molar-refractivity contribution in [3.63, 3.8) is 0 Å². The van der Waals surface area contributed by atoms with Crippen LogP contribution in [-0.4, -0.2) is 11.7 Å². The number of aryl methyl sites for hydroxylation is 2. The molecule has 0 saturated heterocycles. The zero-order valence-electron chi connectivity index (χ0n) is 14.1. The quantitative estimate of drug-likeness (QED) is 0.692. The van der Waals surface area contributed by atoms with Crippen molar-refractivity contribution in [2.45, 2.75) is 38.0 Å². The fourth-order valence-corrected chi connectivity index (χ4v) is 4.72. The minimum Gasteiger partial charge on any atom is -0.349 e. The summed E-state index contributed by atoms with van der Waals surface area (Å²) in [4.78, 5) is 12.2. The lowest BCUT2D eigenvalue weighted by Crippen LogP contribution is -2.28. The van der Waals surface area contributed by atoms with Crippen LogP contribution < -0.4 is 5.32 Å². The van der Waals surface area contributed by atoms with E-state index in [1.807, 2.05) is 25.1 Å². The zero-order valence-corrected chi connectivity index (χ0v) is 16.5. The van der Waals surface area contributed by atoms with Crippen molar-refractivity contribution >= 4 is 40.9 Å². The molecular formula is C20H21Cl2NOS. The fraction of sp³-hybridized carbons (Fsp3) is 0.350. The van der Waals surface area contributed by atoms with Crippen molar-refractivity contribution < 1.29 is 4.79 Å². The molecule has 1 amide bonds. The highest BCUT2D eigenvalue weighted by atomic mass is 35.5. The van der Waals surface area contributed by atoms with Gasteiger partial charge in [-0.3, -0.25) is 4.79 Å². The maximum Gasteiger partial charge on any atom is 0.230 e. The van der Waals surface area contributed by atoms with E-state index >= 15 is 0 Å². The van der Waals surface area contributed by atoms with Crippen LogP contribution in [0.2, 0.25) is 10.0 Å². The number of amides is 1. The van der Waals surface area contributed by atoms with Crippen LogP contribution in [0, 0.1) is 0 Å². The molecule has 0 fully saturated rings. The van der Waals surface area contributed by atoms with Crippen molar-refractivity contribution in [3.8, 4) is 0 Å². The molecule has 0 aliphatic heterocycles. The zero-order chi connectivity index (χ0) is 17.8. The molecular weight excluding hydrogens is 373 g/mol. The van der Waals surface area contributed by atoms with Gasteiger partial charge in [0.05, 0.1) is 11.8 Å². The summed E-state index contributed by atoms with van der Waals surface area (Å²) in [7, 11) is 0. The van der Waals surface area contributed by atoms with Crippen LogP contribution in [-0.2, 0) is 23.4 Å². The molecule has 0 radical (unpaired) electrons. The lowest BCUT2D eigenvalue weighted by atomic mass is 10.0. The van der Waals surface area contributed by atoms with Gasteiger partial charge in [-0.25, -0.2) is 0 Å². The maximum absolute atomic E-state index is 12.2. The highest BCUT2D eigenvalue weighted by molar-refractivity contribution is 7.99. The van der Waals surface area contributed by atoms with Crippen molar-refractivity contribution in [1.82, 2.24) is 5.32 Å². The van der Waals surface area contributed by atoms with Gasteiger partial charge in [0, 0.05) is 15.8 Å². The van der Waals surface area contributed by atoms with Gasteiger partial charge in [0.25, 0.3) is 0 Å². The smallest absolute Gasteiger partial charge is 0.230 e. The molecule has 5 heteroatoms. The van der Waals surface area contributed by atoms with Crippen molar-refractivity contribution in [3.05, 3.63) is 68.7 Å². The molecule has 25 heavy (non-hydrogen) atoms. The largest absolute Gasteiger partial charge is 0.349 e. The van der Waals surface area contributed by atoms with E-state index in [-0.39, 0.29) is 11.9 Å². The predicted octanol–water partition coefficient (Wildman–Crippen LogP) is 5.59. The second kappa shape index (κ2) is 8.48. The molecule has 0 aromatic heterocycles. The molecule has 2 aromatic rings. The Morgan fingerprint density at radius 2 is 1.88 bits per heavy atom. The Kier molecular flexibility index (Phi) is 6.32. The van der Waals surface area contributed by atoms with Gasteiger partial charge in [-0.2, -0.15) is 0 Å². The molecule has 0 saturated carbocycles. The topological polar surface area (TPSA) is 29.1 Å². The number of carbonyl (C=O) groups is 1. The summed E-state index contributed by atoms with van der Waals surface area (Å²) < 4.78 is 0. The van der Waals surface area contributed by atoms with E-state index in [0.717, 1.165) is 12.0 Å². The molecule has 1 atom stereocenters. The summed E-state index contributed by atoms with van der Waals surface area (Å²) in [5, 5.41) is 4.37. The lowest BCUT2D eigenvalue weighted by Gasteiger charge is -2.16. The SMILES string of the molecule is CC(NC(=O)CSCc1c(Cl)cccc1Cl)c1ccc2c(c1)CCC2. The Hall–Kier alpha value is -1.16. The van der Waals surface area contributed by atoms with E-state index in [1.165, 1.54) is 41.3 Å². The minimum atomic E-state index is 0.0166. The number of hydrogen-bond acceptors (Lipinski definition) is 2. The van der Waals surface area contributed by atoms with E-state index < -0.39 is 0 Å². The molecule has 132 valence electrons. The molecule has 1 aliphatic carbocycles. The first kappa shape index (κ1) is 18.6. The van der Waals surface area contributed by atoms with Crippen LogP contribution in [0.1, 0.15) is 41.6 Å². The van der Waals surface area contributed by atoms with E-state index in [1.54, 1.807) is 0 Å². The Morgan fingerprint density at radius 3 is 2.64 bits per heavy atom. The standard InChI is InChI=1S/C20H21Cl2NOS/c1-13(15-9-8-14-4-2-5-16(14)10-15)23-20(24)12-25-11-17-18(21)6-3-7-19(17)22/h3,6-10,13H,2,4-5,11-12H2,1H3,(H,23,24). The summed E-state index contributed by atoms with van der Waals surface area (Å²) in [5.41, 5.74) is 4.94. The van der Waals surface area contributed by atoms with Gasteiger partial charge in [0.15, 0.2) is 0 Å². The molecule has 0 bridgehead atoms. The van der Waals surface area contributed by atoms with Crippen LogP contribution >= 0.6 is 35.0 Å². The summed E-state index contributed by atoms with van der Waals surface area (Å²) >= 11 is 13.8. The molecule has 1 N–H and O–H groups in total. The third-order valence-electron chi connectivity index (χ3n) is 4.54. The second-order valence-electron chi connectivity index (χ2n) is 6.36. The third kappa shape index (κ3) is 4.72. The maximum atomic E-state index is 12.2. The second-order valence-corrected chi connectivity index (χ2v) is 8.16. The number of rotatable bonds is 6. The summed E-state index contributed by atoms with van der Waals surface area (Å²) in [6.07, 6.45) is 3.57. The third-order valence-corrected chi connectivity index (χ3v) is 6.21. The first-order valence-electron chi connectivity index (χ1n) is 8.46. The average molecular weight is 394 g/mol. The van der Waals surface area contributed by atoms with Gasteiger partial charge in [0.2, 0.25) is 5.91 Å². The molecule has 0 heterocycles. The monoisotopic (exact) mass is 393 g/mol. The molecule has 1 unspecified atom stereocenters. The highest BCUT2D eigenvalue weighted by Gasteiger charge is 2.15. The number of halogens is 2. The predicted molar refractivity (Wildman–Crippen MR) is 108 cm³/mol. The minimum absolute atomic E-state index is 0.0166. The van der Waals surface area contributed by atoms with Crippen LogP contribution in [0.4, 0.5) is 0 Å². The fourth-order valence-electron chi connectivity index (χ4n) is 3.14. The van der Waals surface area contributed by atoms with Crippen LogP contribution in [0.5, 0.6) is 0 Å². The normalized spacial score (nSPS) is 14.2. The van der Waals surface area contributed by atoms with Gasteiger partial charge in [-0.1, -0.05) is 47.5 Å². The summed E-state index contributed by atoms with van der Waals surface area (Å²) in [5.74, 6) is 1.04. The van der Waals surface area contributed by atoms with Crippen LogP contribution in [0.15, 0.2) is 36.4 Å². The number of thioether (sulfide) groups is 1. The first-order chi connectivity index (χ1) is 12.0. The van der Waals surface area contributed by atoms with Gasteiger partial charge in [-0.05, 0) is 60.6 Å². The van der Waals surface area contributed by atoms with E-state index in [2.05, 4.69) is 23.5 Å². The Morgan fingerprint density at radius 1 is 1.16 bits per heavy atom. The van der Waals surface area contributed by atoms with Gasteiger partial charge < -0.3 is 5.32 Å². The molecule has 1 aliphatic rings. The van der Waals surface area contributed by atoms with Crippen molar-refractivity contribution in [1.29, 1.82) is 0 Å². The number of nitrogens with one attached hydrogen (secondary N) is 1. The van der Waals surface area contributed by atoms with E-state index in [9.17, 15) is 4.79 Å². The van der Waals surface area contributed by atoms with Gasteiger partial charge in [-0.15, -0.1) is 11.8 Å². The van der Waals surface area contributed by atoms with E-state index in [4.69, 9.17) is 23.2 Å². The molecule has 0 spiro atoms. The highest BCUT2D eigenvalue weighted by Crippen LogP contribution is 2.28. The Labute approximate surface area is 163 Å². The van der Waals surface area contributed by atoms with Gasteiger partial charge >= 0.3 is 0 Å². The summed E-state index contributed by atoms with van der Waals surface area (Å²) in [6.45, 7) is 2.03. The van der Waals surface area contributed by atoms with E-state index in [0.29, 0.717) is 21.6 Å². The van der Waals surface area contributed by atoms with Crippen LogP contribution in [0.25, 0.3) is 0 Å². The van der Waals surface area contributed by atoms with Crippen LogP contribution in [0.3, 0.4) is 0 Å². The number of benzene rings is 2. The number of carbonyl (C=O) groups excluding carboxylic acids is 1. The van der Waals surface area contributed by atoms with Gasteiger partial charge in [0.1, 0.15) is 0 Å². The van der Waals surface area contributed by atoms with Crippen molar-refractivity contribution in [2.24, 2.45) is 0 Å². The Balaban J connectivity index is 1.50.